The molecule has 4 rings (SSSR count). The summed E-state index contributed by atoms with van der Waals surface area (Å²) in [7, 11) is 0. The van der Waals surface area contributed by atoms with Gasteiger partial charge >= 0.3 is 6.18 Å². The van der Waals surface area contributed by atoms with Crippen LogP contribution in [0, 0.1) is 5.92 Å². The largest absolute Gasteiger partial charge is 0.477 e. The van der Waals surface area contributed by atoms with Gasteiger partial charge in [0.1, 0.15) is 11.6 Å². The molecule has 9 nitrogen and oxygen atoms in total. The number of nitrogens with two attached hydrogens (primary N) is 1. The van der Waals surface area contributed by atoms with Gasteiger partial charge in [0.25, 0.3) is 0 Å². The molecule has 1 aliphatic carbocycles. The maximum atomic E-state index is 12.9. The number of halogens is 3. The van der Waals surface area contributed by atoms with Gasteiger partial charge in [0.05, 0.1) is 18.2 Å². The number of benzene rings is 1. The normalized spacial score (nSPS) is 14.3. The number of rotatable bonds is 11. The minimum atomic E-state index is -4.43. The van der Waals surface area contributed by atoms with Gasteiger partial charge in [-0.1, -0.05) is 19.1 Å². The second kappa shape index (κ2) is 11.1. The summed E-state index contributed by atoms with van der Waals surface area (Å²) in [6.45, 7) is 2.56. The monoisotopic (exact) mass is 501 g/mol. The standard InChI is InChI=1S/C24H26F3N7O2/c1-2-5-18(36-21-13-20(31-22(28)32-21)35-14-15-10-11-15)8-4-9-19-30-23(34-33-19)29-17-7-3-6-16(12-17)24(25,26)27/h3-8,12-13,15H,2,9-11,14H2,1H3,(H2,28,31,32)(H2,29,30,33,34)/b8-4-,18-5+. The molecule has 12 heteroatoms. The fourth-order valence-electron chi connectivity index (χ4n) is 3.13. The van der Waals surface area contributed by atoms with Crippen LogP contribution in [-0.2, 0) is 12.6 Å². The van der Waals surface area contributed by atoms with E-state index in [0.29, 0.717) is 36.4 Å². The number of nitrogen functional groups attached to an aromatic ring is 1. The predicted molar refractivity (Wildman–Crippen MR) is 128 cm³/mol. The van der Waals surface area contributed by atoms with Gasteiger partial charge in [-0.15, -0.1) is 5.10 Å². The Morgan fingerprint density at radius 1 is 1.19 bits per heavy atom. The molecule has 1 fully saturated rings. The highest BCUT2D eigenvalue weighted by atomic mass is 19.4. The number of nitrogens with one attached hydrogen (secondary N) is 2. The highest BCUT2D eigenvalue weighted by Gasteiger charge is 2.30. The lowest BCUT2D eigenvalue weighted by atomic mass is 10.2. The van der Waals surface area contributed by atoms with Crippen LogP contribution in [0.5, 0.6) is 11.8 Å². The SMILES string of the molecule is CC/C=C(\C=C/Cc1nc(Nc2cccc(C(F)(F)F)c2)n[nH]1)Oc1cc(OCC2CC2)nc(N)n1. The molecule has 0 bridgehead atoms. The lowest BCUT2D eigenvalue weighted by Gasteiger charge is -2.09. The molecule has 0 radical (unpaired) electrons. The highest BCUT2D eigenvalue weighted by molar-refractivity contribution is 5.54. The zero-order chi connectivity index (χ0) is 25.5. The number of nitrogens with zero attached hydrogens (tertiary/aromatic N) is 4. The first-order valence-corrected chi connectivity index (χ1v) is 11.5. The van der Waals surface area contributed by atoms with Gasteiger partial charge in [0.15, 0.2) is 0 Å². The van der Waals surface area contributed by atoms with Crippen LogP contribution in [0.4, 0.5) is 30.8 Å². The van der Waals surface area contributed by atoms with Crippen molar-refractivity contribution >= 4 is 17.6 Å². The van der Waals surface area contributed by atoms with Gasteiger partial charge in [-0.2, -0.15) is 28.1 Å². The van der Waals surface area contributed by atoms with E-state index in [1.807, 2.05) is 19.1 Å². The Balaban J connectivity index is 1.35. The van der Waals surface area contributed by atoms with E-state index in [1.54, 1.807) is 12.1 Å². The summed E-state index contributed by atoms with van der Waals surface area (Å²) in [5.41, 5.74) is 5.27. The summed E-state index contributed by atoms with van der Waals surface area (Å²) in [6, 6.07) is 6.42. The average Bonchev–Trinajstić information content (AvgIpc) is 3.55. The van der Waals surface area contributed by atoms with E-state index in [2.05, 4.69) is 30.5 Å². The van der Waals surface area contributed by atoms with E-state index in [0.717, 1.165) is 31.4 Å². The van der Waals surface area contributed by atoms with E-state index >= 15 is 0 Å². The van der Waals surface area contributed by atoms with Crippen molar-refractivity contribution in [2.45, 2.75) is 38.8 Å². The van der Waals surface area contributed by atoms with Crippen molar-refractivity contribution in [2.24, 2.45) is 5.92 Å². The Morgan fingerprint density at radius 2 is 2.00 bits per heavy atom. The number of alkyl halides is 3. The van der Waals surface area contributed by atoms with Gasteiger partial charge in [-0.25, -0.2) is 0 Å². The van der Waals surface area contributed by atoms with Gasteiger partial charge in [-0.3, -0.25) is 5.10 Å². The first-order valence-electron chi connectivity index (χ1n) is 11.5. The number of ether oxygens (including phenoxy) is 2. The number of allylic oxidation sites excluding steroid dienone is 3. The first kappa shape index (κ1) is 25.0. The third-order valence-electron chi connectivity index (χ3n) is 5.06. The molecule has 2 heterocycles. The molecule has 36 heavy (non-hydrogen) atoms. The quantitative estimate of drug-likeness (QED) is 0.242. The molecule has 2 aromatic heterocycles. The molecule has 0 aliphatic heterocycles. The molecule has 4 N–H and O–H groups in total. The van der Waals surface area contributed by atoms with E-state index in [4.69, 9.17) is 15.2 Å². The molecule has 0 spiro atoms. The Hall–Kier alpha value is -4.09. The van der Waals surface area contributed by atoms with Crippen LogP contribution in [0.25, 0.3) is 0 Å². The van der Waals surface area contributed by atoms with Gasteiger partial charge < -0.3 is 20.5 Å². The number of aromatic nitrogens is 5. The first-order chi connectivity index (χ1) is 17.3. The molecule has 0 atom stereocenters. The molecule has 1 aliphatic rings. The van der Waals surface area contributed by atoms with Crippen molar-refractivity contribution in [1.29, 1.82) is 0 Å². The summed E-state index contributed by atoms with van der Waals surface area (Å²) in [4.78, 5) is 12.5. The Morgan fingerprint density at radius 3 is 2.75 bits per heavy atom. The summed E-state index contributed by atoms with van der Waals surface area (Å²) in [5.74, 6) is 2.48. The van der Waals surface area contributed by atoms with Crippen LogP contribution in [0.15, 0.2) is 54.3 Å². The zero-order valence-corrected chi connectivity index (χ0v) is 19.5. The minimum absolute atomic E-state index is 0.0561. The number of H-pyrrole nitrogens is 1. The van der Waals surface area contributed by atoms with Gasteiger partial charge in [-0.05, 0) is 55.5 Å². The predicted octanol–water partition coefficient (Wildman–Crippen LogP) is 5.20. The van der Waals surface area contributed by atoms with Crippen LogP contribution in [-0.4, -0.2) is 31.8 Å². The van der Waals surface area contributed by atoms with Gasteiger partial charge in [0, 0.05) is 12.1 Å². The van der Waals surface area contributed by atoms with E-state index in [9.17, 15) is 13.2 Å². The topological polar surface area (TPSA) is 124 Å². The number of hydrogen-bond donors (Lipinski definition) is 3. The van der Waals surface area contributed by atoms with Crippen molar-refractivity contribution in [3.05, 3.63) is 65.7 Å². The molecule has 3 aromatic rings. The fourth-order valence-corrected chi connectivity index (χ4v) is 3.13. The van der Waals surface area contributed by atoms with E-state index in [1.165, 1.54) is 12.1 Å². The van der Waals surface area contributed by atoms with Crippen LogP contribution in [0.3, 0.4) is 0 Å². The lowest BCUT2D eigenvalue weighted by Crippen LogP contribution is -2.05. The third kappa shape index (κ3) is 7.45. The van der Waals surface area contributed by atoms with E-state index in [-0.39, 0.29) is 23.5 Å². The fraction of sp³-hybridized carbons (Fsp3) is 0.333. The Kier molecular flexibility index (Phi) is 7.71. The highest BCUT2D eigenvalue weighted by Crippen LogP contribution is 2.31. The molecule has 0 saturated heterocycles. The molecular weight excluding hydrogens is 475 g/mol. The maximum absolute atomic E-state index is 12.9. The molecule has 0 unspecified atom stereocenters. The summed E-state index contributed by atoms with van der Waals surface area (Å²) >= 11 is 0. The van der Waals surface area contributed by atoms with Gasteiger partial charge in [0.2, 0.25) is 23.7 Å². The van der Waals surface area contributed by atoms with Crippen molar-refractivity contribution in [3.8, 4) is 11.8 Å². The molecule has 1 saturated carbocycles. The summed E-state index contributed by atoms with van der Waals surface area (Å²) in [5, 5.41) is 9.53. The Labute approximate surface area is 205 Å². The van der Waals surface area contributed by atoms with Crippen molar-refractivity contribution in [3.63, 3.8) is 0 Å². The van der Waals surface area contributed by atoms with Crippen molar-refractivity contribution in [2.75, 3.05) is 17.7 Å². The van der Waals surface area contributed by atoms with Crippen molar-refractivity contribution in [1.82, 2.24) is 25.1 Å². The van der Waals surface area contributed by atoms with Crippen LogP contribution < -0.4 is 20.5 Å². The molecular formula is C24H26F3N7O2. The lowest BCUT2D eigenvalue weighted by molar-refractivity contribution is -0.137. The van der Waals surface area contributed by atoms with E-state index < -0.39 is 11.7 Å². The zero-order valence-electron chi connectivity index (χ0n) is 19.5. The Bertz CT molecular complexity index is 1240. The minimum Gasteiger partial charge on any atom is -0.477 e. The summed E-state index contributed by atoms with van der Waals surface area (Å²) < 4.78 is 50.3. The second-order valence-corrected chi connectivity index (χ2v) is 8.19. The van der Waals surface area contributed by atoms with Crippen LogP contribution in [0.1, 0.15) is 37.6 Å². The van der Waals surface area contributed by atoms with Crippen LogP contribution in [0.2, 0.25) is 0 Å². The molecule has 0 amide bonds. The molecule has 1 aromatic carbocycles. The number of aromatic amines is 1. The smallest absolute Gasteiger partial charge is 0.416 e. The second-order valence-electron chi connectivity index (χ2n) is 8.19. The molecule has 190 valence electrons. The summed E-state index contributed by atoms with van der Waals surface area (Å²) in [6.07, 6.45) is 4.43. The third-order valence-corrected chi connectivity index (χ3v) is 5.06. The van der Waals surface area contributed by atoms with Crippen LogP contribution >= 0.6 is 0 Å². The van der Waals surface area contributed by atoms with Crippen molar-refractivity contribution < 1.29 is 22.6 Å². The number of anilines is 3. The number of hydrogen-bond acceptors (Lipinski definition) is 8. The maximum Gasteiger partial charge on any atom is 0.416 e. The average molecular weight is 502 g/mol.